The quantitative estimate of drug-likeness (QED) is 0.834. The van der Waals surface area contributed by atoms with E-state index in [0.717, 1.165) is 9.44 Å². The van der Waals surface area contributed by atoms with Crippen LogP contribution in [-0.4, -0.2) is 15.5 Å². The summed E-state index contributed by atoms with van der Waals surface area (Å²) in [6, 6.07) is 1.75. The largest absolute Gasteiger partial charge is 0.370 e. The summed E-state index contributed by atoms with van der Waals surface area (Å²) in [5.74, 6) is -0.438. The molecule has 0 saturated heterocycles. The van der Waals surface area contributed by atoms with Crippen LogP contribution in [-0.2, 0) is 11.3 Å². The van der Waals surface area contributed by atoms with Crippen LogP contribution in [0, 0.1) is 6.92 Å². The van der Waals surface area contributed by atoms with Crippen LogP contribution in [0.4, 0.5) is 0 Å². The summed E-state index contributed by atoms with van der Waals surface area (Å²) >= 11 is 1.37. The number of aryl methyl sites for hydroxylation is 1. The summed E-state index contributed by atoms with van der Waals surface area (Å²) in [5.41, 5.74) is 4.25. The molecule has 0 aliphatic carbocycles. The SMILES string of the molecule is Cc1cc2c(=O)n(CCCC(N)=O)c(=O)[nH]c2s1. The van der Waals surface area contributed by atoms with Gasteiger partial charge in [-0.25, -0.2) is 4.79 Å². The second-order valence-corrected chi connectivity index (χ2v) is 5.31. The number of nitrogens with two attached hydrogens (primary N) is 1. The lowest BCUT2D eigenvalue weighted by molar-refractivity contribution is -0.118. The van der Waals surface area contributed by atoms with Crippen LogP contribution in [0.3, 0.4) is 0 Å². The van der Waals surface area contributed by atoms with Gasteiger partial charge in [0.2, 0.25) is 5.91 Å². The van der Waals surface area contributed by atoms with Crippen molar-refractivity contribution in [2.45, 2.75) is 26.3 Å². The number of H-pyrrole nitrogens is 1. The predicted molar refractivity (Wildman–Crippen MR) is 69.9 cm³/mol. The molecule has 7 heteroatoms. The molecule has 0 bridgehead atoms. The molecule has 0 radical (unpaired) electrons. The summed E-state index contributed by atoms with van der Waals surface area (Å²) in [4.78, 5) is 38.7. The van der Waals surface area contributed by atoms with Crippen molar-refractivity contribution < 1.29 is 4.79 Å². The molecule has 0 atom stereocenters. The third-order valence-corrected chi connectivity index (χ3v) is 3.57. The zero-order valence-electron chi connectivity index (χ0n) is 9.86. The summed E-state index contributed by atoms with van der Waals surface area (Å²) in [6.45, 7) is 2.07. The summed E-state index contributed by atoms with van der Waals surface area (Å²) in [7, 11) is 0. The van der Waals surface area contributed by atoms with Crippen molar-refractivity contribution >= 4 is 27.5 Å². The fourth-order valence-corrected chi connectivity index (χ4v) is 2.68. The van der Waals surface area contributed by atoms with Gasteiger partial charge in [-0.15, -0.1) is 11.3 Å². The zero-order valence-corrected chi connectivity index (χ0v) is 10.7. The third kappa shape index (κ3) is 2.35. The molecule has 6 nitrogen and oxygen atoms in total. The van der Waals surface area contributed by atoms with Crippen LogP contribution < -0.4 is 17.0 Å². The van der Waals surface area contributed by atoms with E-state index in [1.165, 1.54) is 11.3 Å². The fraction of sp³-hybridized carbons (Fsp3) is 0.364. The number of hydrogen-bond donors (Lipinski definition) is 2. The molecule has 0 spiro atoms. The van der Waals surface area contributed by atoms with Crippen LogP contribution in [0.15, 0.2) is 15.7 Å². The van der Waals surface area contributed by atoms with Crippen molar-refractivity contribution in [2.24, 2.45) is 5.73 Å². The van der Waals surface area contributed by atoms with E-state index in [0.29, 0.717) is 16.6 Å². The van der Waals surface area contributed by atoms with Crippen molar-refractivity contribution in [1.82, 2.24) is 9.55 Å². The van der Waals surface area contributed by atoms with E-state index in [1.807, 2.05) is 6.92 Å². The number of nitrogens with one attached hydrogen (secondary N) is 1. The Hall–Kier alpha value is -1.89. The van der Waals surface area contributed by atoms with Gasteiger partial charge in [-0.2, -0.15) is 0 Å². The van der Waals surface area contributed by atoms with Gasteiger partial charge in [0.25, 0.3) is 5.56 Å². The van der Waals surface area contributed by atoms with Crippen molar-refractivity contribution in [1.29, 1.82) is 0 Å². The number of hydrogen-bond acceptors (Lipinski definition) is 4. The molecule has 0 fully saturated rings. The number of fused-ring (bicyclic) bond motifs is 1. The van der Waals surface area contributed by atoms with E-state index >= 15 is 0 Å². The smallest absolute Gasteiger partial charge is 0.329 e. The molecule has 2 aromatic heterocycles. The Balaban J connectivity index is 2.41. The molecule has 3 N–H and O–H groups in total. The Labute approximate surface area is 106 Å². The Morgan fingerprint density at radius 3 is 2.89 bits per heavy atom. The number of nitrogens with zero attached hydrogens (tertiary/aromatic N) is 1. The molecule has 1 amide bonds. The topological polar surface area (TPSA) is 97.9 Å². The summed E-state index contributed by atoms with van der Waals surface area (Å²) < 4.78 is 1.11. The van der Waals surface area contributed by atoms with E-state index in [4.69, 9.17) is 5.73 Å². The van der Waals surface area contributed by atoms with E-state index in [9.17, 15) is 14.4 Å². The van der Waals surface area contributed by atoms with E-state index < -0.39 is 11.6 Å². The molecule has 2 heterocycles. The molecular formula is C11H13N3O3S. The third-order valence-electron chi connectivity index (χ3n) is 2.60. The maximum atomic E-state index is 12.1. The van der Waals surface area contributed by atoms with Gasteiger partial charge in [-0.1, -0.05) is 0 Å². The molecule has 0 unspecified atom stereocenters. The molecule has 18 heavy (non-hydrogen) atoms. The van der Waals surface area contributed by atoms with Crippen LogP contribution >= 0.6 is 11.3 Å². The Bertz CT molecular complexity index is 710. The molecule has 0 aliphatic rings. The molecule has 0 saturated carbocycles. The van der Waals surface area contributed by atoms with Crippen molar-refractivity contribution in [3.8, 4) is 0 Å². The minimum Gasteiger partial charge on any atom is -0.370 e. The van der Waals surface area contributed by atoms with Gasteiger partial charge in [0.1, 0.15) is 4.83 Å². The van der Waals surface area contributed by atoms with Gasteiger partial charge in [-0.05, 0) is 19.4 Å². The first-order chi connectivity index (χ1) is 8.49. The first-order valence-corrected chi connectivity index (χ1v) is 6.32. The first-order valence-electron chi connectivity index (χ1n) is 5.50. The lowest BCUT2D eigenvalue weighted by Crippen LogP contribution is -2.34. The number of aromatic amines is 1. The maximum absolute atomic E-state index is 12.1. The van der Waals surface area contributed by atoms with Gasteiger partial charge in [0.05, 0.1) is 5.39 Å². The Morgan fingerprint density at radius 2 is 2.22 bits per heavy atom. The minimum atomic E-state index is -0.446. The Morgan fingerprint density at radius 1 is 1.50 bits per heavy atom. The highest BCUT2D eigenvalue weighted by atomic mass is 32.1. The highest BCUT2D eigenvalue weighted by Gasteiger charge is 2.09. The summed E-state index contributed by atoms with van der Waals surface area (Å²) in [5, 5.41) is 0.510. The van der Waals surface area contributed by atoms with Crippen LogP contribution in [0.25, 0.3) is 10.2 Å². The molecular weight excluding hydrogens is 254 g/mol. The van der Waals surface area contributed by atoms with Crippen molar-refractivity contribution in [2.75, 3.05) is 0 Å². The minimum absolute atomic E-state index is 0.159. The predicted octanol–water partition coefficient (Wildman–Crippen LogP) is 0.325. The molecule has 2 aromatic rings. The Kier molecular flexibility index (Phi) is 3.33. The number of amides is 1. The molecule has 96 valence electrons. The normalized spacial score (nSPS) is 10.9. The highest BCUT2D eigenvalue weighted by Crippen LogP contribution is 2.18. The van der Waals surface area contributed by atoms with Crippen LogP contribution in [0.1, 0.15) is 17.7 Å². The average Bonchev–Trinajstić information content (AvgIpc) is 2.63. The van der Waals surface area contributed by atoms with Crippen molar-refractivity contribution in [3.05, 3.63) is 31.8 Å². The van der Waals surface area contributed by atoms with E-state index in [1.54, 1.807) is 6.07 Å². The molecule has 0 aliphatic heterocycles. The highest BCUT2D eigenvalue weighted by molar-refractivity contribution is 7.18. The standard InChI is InChI=1S/C11H13N3O3S/c1-6-5-7-9(18-6)13-11(17)14(10(7)16)4-2-3-8(12)15/h5H,2-4H2,1H3,(H2,12,15)(H,13,17). The van der Waals surface area contributed by atoms with Gasteiger partial charge in [-0.3, -0.25) is 19.1 Å². The van der Waals surface area contributed by atoms with Gasteiger partial charge in [0, 0.05) is 17.8 Å². The summed E-state index contributed by atoms with van der Waals surface area (Å²) in [6.07, 6.45) is 0.541. The second kappa shape index (κ2) is 4.77. The number of carbonyl (C=O) groups excluding carboxylic acids is 1. The molecule has 0 aromatic carbocycles. The fourth-order valence-electron chi connectivity index (χ4n) is 1.78. The van der Waals surface area contributed by atoms with E-state index in [-0.39, 0.29) is 18.5 Å². The van der Waals surface area contributed by atoms with Crippen molar-refractivity contribution in [3.63, 3.8) is 0 Å². The number of thiophene rings is 1. The number of aromatic nitrogens is 2. The average molecular weight is 267 g/mol. The van der Waals surface area contributed by atoms with Crippen LogP contribution in [0.5, 0.6) is 0 Å². The number of primary amides is 1. The molecule has 2 rings (SSSR count). The monoisotopic (exact) mass is 267 g/mol. The van der Waals surface area contributed by atoms with Gasteiger partial charge in [0.15, 0.2) is 0 Å². The zero-order chi connectivity index (χ0) is 13.3. The van der Waals surface area contributed by atoms with Gasteiger partial charge < -0.3 is 5.73 Å². The van der Waals surface area contributed by atoms with E-state index in [2.05, 4.69) is 4.98 Å². The number of rotatable bonds is 4. The second-order valence-electron chi connectivity index (χ2n) is 4.06. The lowest BCUT2D eigenvalue weighted by Gasteiger charge is -2.03. The van der Waals surface area contributed by atoms with Crippen LogP contribution in [0.2, 0.25) is 0 Å². The lowest BCUT2D eigenvalue weighted by atomic mass is 10.3. The number of carbonyl (C=O) groups is 1. The van der Waals surface area contributed by atoms with Gasteiger partial charge >= 0.3 is 5.69 Å². The maximum Gasteiger partial charge on any atom is 0.329 e. The first kappa shape index (κ1) is 12.6.